The molecule has 3 aromatic heterocycles. The summed E-state index contributed by atoms with van der Waals surface area (Å²) in [7, 11) is 0. The van der Waals surface area contributed by atoms with Gasteiger partial charge in [-0.05, 0) is 116 Å². The Bertz CT molecular complexity index is 1900. The van der Waals surface area contributed by atoms with E-state index in [1.807, 2.05) is 26.0 Å². The van der Waals surface area contributed by atoms with Gasteiger partial charge < -0.3 is 20.2 Å². The molecule has 2 aliphatic rings. The standard InChI is InChI=1S/C34H36N4O4/c1-7-21-17(3)25-13-26-19(5)23(9-11-33(39)40)31(37-26)16-32-24(10-12-34(41)42)20(6)28(38-32)15-30-22(8-2)18(4)27(36-30)14-29(21)35-25/h10,12-16,36,38H,7-9,11H2,1-6H3,(H,39,40)(H,41,42). The number of rotatable bonds is 7. The van der Waals surface area contributed by atoms with Crippen LogP contribution in [0.5, 0.6) is 0 Å². The second-order valence-electron chi connectivity index (χ2n) is 10.9. The Hall–Kier alpha value is -4.72. The minimum absolute atomic E-state index is 0.0256. The molecule has 0 aliphatic carbocycles. The number of aromatic amines is 2. The molecule has 0 amide bonds. The number of carbonyl (C=O) groups is 2. The zero-order valence-electron chi connectivity index (χ0n) is 24.9. The number of hydrogen-bond acceptors (Lipinski definition) is 4. The molecule has 0 saturated heterocycles. The van der Waals surface area contributed by atoms with Gasteiger partial charge in [0, 0.05) is 40.1 Å². The third kappa shape index (κ3) is 5.20. The van der Waals surface area contributed by atoms with E-state index < -0.39 is 11.9 Å². The molecule has 4 N–H and O–H groups in total. The molecule has 0 fully saturated rings. The largest absolute Gasteiger partial charge is 0.481 e. The Balaban J connectivity index is 1.96. The molecule has 0 radical (unpaired) electrons. The van der Waals surface area contributed by atoms with Crippen molar-refractivity contribution >= 4 is 62.4 Å². The number of carboxylic acid groups (broad SMARTS) is 2. The molecule has 0 spiro atoms. The van der Waals surface area contributed by atoms with Gasteiger partial charge in [-0.1, -0.05) is 13.8 Å². The average Bonchev–Trinajstić information content (AvgIpc) is 3.59. The summed E-state index contributed by atoms with van der Waals surface area (Å²) in [6.07, 6.45) is 4.70. The van der Waals surface area contributed by atoms with Crippen LogP contribution in [0.2, 0.25) is 0 Å². The third-order valence-electron chi connectivity index (χ3n) is 8.41. The molecule has 5 heterocycles. The van der Waals surface area contributed by atoms with Crippen molar-refractivity contribution in [1.29, 1.82) is 0 Å². The van der Waals surface area contributed by atoms with E-state index in [2.05, 4.69) is 49.8 Å². The van der Waals surface area contributed by atoms with Crippen LogP contribution in [0, 0.1) is 13.8 Å². The number of aliphatic carboxylic acids is 2. The Morgan fingerprint density at radius 3 is 1.95 bits per heavy atom. The highest BCUT2D eigenvalue weighted by molar-refractivity contribution is 5.97. The topological polar surface area (TPSA) is 132 Å². The lowest BCUT2D eigenvalue weighted by atomic mass is 10.00. The number of hydrogen-bond donors (Lipinski definition) is 4. The smallest absolute Gasteiger partial charge is 0.328 e. The summed E-state index contributed by atoms with van der Waals surface area (Å²) in [5.41, 5.74) is 14.8. The monoisotopic (exact) mass is 564 g/mol. The van der Waals surface area contributed by atoms with Crippen molar-refractivity contribution < 1.29 is 19.8 Å². The van der Waals surface area contributed by atoms with E-state index in [0.29, 0.717) is 17.6 Å². The van der Waals surface area contributed by atoms with Crippen molar-refractivity contribution in [2.24, 2.45) is 0 Å². The summed E-state index contributed by atoms with van der Waals surface area (Å²) in [6, 6.07) is 8.08. The Morgan fingerprint density at radius 2 is 1.33 bits per heavy atom. The van der Waals surface area contributed by atoms with Gasteiger partial charge in [0.2, 0.25) is 0 Å². The zero-order valence-corrected chi connectivity index (χ0v) is 24.9. The number of nitrogens with one attached hydrogen (secondary N) is 2. The van der Waals surface area contributed by atoms with E-state index in [-0.39, 0.29) is 6.42 Å². The number of carboxylic acids is 2. The fourth-order valence-corrected chi connectivity index (χ4v) is 6.00. The molecule has 8 bridgehead atoms. The Kier molecular flexibility index (Phi) is 7.73. The third-order valence-corrected chi connectivity index (χ3v) is 8.41. The van der Waals surface area contributed by atoms with Gasteiger partial charge in [-0.3, -0.25) is 4.79 Å². The average molecular weight is 565 g/mol. The lowest BCUT2D eigenvalue weighted by Gasteiger charge is -2.02. The van der Waals surface area contributed by atoms with Gasteiger partial charge >= 0.3 is 11.9 Å². The summed E-state index contributed by atoms with van der Waals surface area (Å²) in [4.78, 5) is 40.1. The van der Waals surface area contributed by atoms with Gasteiger partial charge in [-0.25, -0.2) is 14.8 Å². The van der Waals surface area contributed by atoms with Crippen LogP contribution in [0.15, 0.2) is 30.3 Å². The lowest BCUT2D eigenvalue weighted by Crippen LogP contribution is -1.95. The molecule has 8 nitrogen and oxygen atoms in total. The molecule has 5 rings (SSSR count). The molecule has 3 aromatic rings. The normalized spacial score (nSPS) is 13.5. The fourth-order valence-electron chi connectivity index (χ4n) is 6.00. The quantitative estimate of drug-likeness (QED) is 0.217. The minimum Gasteiger partial charge on any atom is -0.481 e. The first-order valence-electron chi connectivity index (χ1n) is 14.3. The highest BCUT2D eigenvalue weighted by Gasteiger charge is 2.21. The summed E-state index contributed by atoms with van der Waals surface area (Å²) in [5.74, 6) is -1.92. The molecule has 216 valence electrons. The molecule has 2 aliphatic heterocycles. The molecular formula is C34H36N4O4. The van der Waals surface area contributed by atoms with E-state index in [1.54, 1.807) is 6.08 Å². The first-order chi connectivity index (χ1) is 20.0. The second kappa shape index (κ2) is 11.3. The highest BCUT2D eigenvalue weighted by atomic mass is 16.4. The maximum atomic E-state index is 11.5. The van der Waals surface area contributed by atoms with Gasteiger partial charge in [-0.2, -0.15) is 0 Å². The van der Waals surface area contributed by atoms with Crippen molar-refractivity contribution in [3.63, 3.8) is 0 Å². The maximum Gasteiger partial charge on any atom is 0.328 e. The maximum absolute atomic E-state index is 11.5. The van der Waals surface area contributed by atoms with Crippen LogP contribution in [-0.4, -0.2) is 42.1 Å². The summed E-state index contributed by atoms with van der Waals surface area (Å²) in [5, 5.41) is 18.8. The molecular weight excluding hydrogens is 528 g/mol. The SMILES string of the molecule is CCC1=C(C)c2cc3nc(cc4[nH]c(cc5[nH]c(cc1n2)c(C)c5CC)c(C)c4C=CC(=O)O)C(CCC(=O)O)=C3C. The Labute approximate surface area is 244 Å². The Morgan fingerprint density at radius 1 is 0.738 bits per heavy atom. The summed E-state index contributed by atoms with van der Waals surface area (Å²) < 4.78 is 0. The minimum atomic E-state index is -1.04. The van der Waals surface area contributed by atoms with Crippen molar-refractivity contribution in [3.05, 3.63) is 75.4 Å². The highest BCUT2D eigenvalue weighted by Crippen LogP contribution is 2.37. The summed E-state index contributed by atoms with van der Waals surface area (Å²) >= 11 is 0. The van der Waals surface area contributed by atoms with Gasteiger partial charge in [0.25, 0.3) is 0 Å². The van der Waals surface area contributed by atoms with Crippen molar-refractivity contribution in [2.75, 3.05) is 0 Å². The molecule has 42 heavy (non-hydrogen) atoms. The number of H-pyrrole nitrogens is 2. The van der Waals surface area contributed by atoms with Gasteiger partial charge in [0.15, 0.2) is 0 Å². The van der Waals surface area contributed by atoms with Crippen LogP contribution in [0.25, 0.3) is 50.4 Å². The lowest BCUT2D eigenvalue weighted by molar-refractivity contribution is -0.137. The van der Waals surface area contributed by atoms with Crippen LogP contribution < -0.4 is 0 Å². The van der Waals surface area contributed by atoms with Crippen LogP contribution in [0.4, 0.5) is 0 Å². The van der Waals surface area contributed by atoms with Gasteiger partial charge in [-0.15, -0.1) is 0 Å². The number of allylic oxidation sites excluding steroid dienone is 4. The van der Waals surface area contributed by atoms with E-state index in [1.165, 1.54) is 16.7 Å². The fraction of sp³-hybridized carbons (Fsp3) is 0.294. The van der Waals surface area contributed by atoms with Crippen molar-refractivity contribution in [2.45, 2.75) is 67.2 Å². The van der Waals surface area contributed by atoms with Crippen molar-refractivity contribution in [1.82, 2.24) is 19.9 Å². The van der Waals surface area contributed by atoms with E-state index in [9.17, 15) is 19.8 Å². The number of aryl methyl sites for hydroxylation is 3. The number of fused-ring (bicyclic) bond motifs is 8. The summed E-state index contributed by atoms with van der Waals surface area (Å²) in [6.45, 7) is 12.4. The zero-order chi connectivity index (χ0) is 30.3. The van der Waals surface area contributed by atoms with Crippen LogP contribution in [0.3, 0.4) is 0 Å². The van der Waals surface area contributed by atoms with Gasteiger partial charge in [0.1, 0.15) is 0 Å². The van der Waals surface area contributed by atoms with Gasteiger partial charge in [0.05, 0.1) is 22.8 Å². The molecule has 8 heteroatoms. The number of nitrogens with zero attached hydrogens (tertiary/aromatic N) is 2. The number of aromatic nitrogens is 4. The molecule has 0 unspecified atom stereocenters. The van der Waals surface area contributed by atoms with Crippen LogP contribution in [0.1, 0.15) is 92.0 Å². The second-order valence-corrected chi connectivity index (χ2v) is 10.9. The molecule has 0 saturated carbocycles. The first-order valence-corrected chi connectivity index (χ1v) is 14.3. The molecule has 0 aromatic carbocycles. The van der Waals surface area contributed by atoms with E-state index in [4.69, 9.17) is 9.97 Å². The first kappa shape index (κ1) is 28.8. The molecule has 0 atom stereocenters. The van der Waals surface area contributed by atoms with Crippen molar-refractivity contribution in [3.8, 4) is 0 Å². The predicted octanol–water partition coefficient (Wildman–Crippen LogP) is 7.73. The van der Waals surface area contributed by atoms with Crippen LogP contribution >= 0.6 is 0 Å². The van der Waals surface area contributed by atoms with Crippen LogP contribution in [-0.2, 0) is 16.0 Å². The predicted molar refractivity (Wildman–Crippen MR) is 169 cm³/mol. The van der Waals surface area contributed by atoms with E-state index in [0.717, 1.165) is 80.4 Å². The van der Waals surface area contributed by atoms with E-state index >= 15 is 0 Å².